The number of nitrogens with zero attached hydrogens (tertiary/aromatic N) is 1. The number of thiocarbonyl (C=S) groups is 1. The molecule has 0 saturated carbocycles. The molecule has 0 aliphatic rings. The van der Waals surface area contributed by atoms with Crippen LogP contribution in [0.25, 0.3) is 0 Å². The van der Waals surface area contributed by atoms with E-state index in [1.807, 2.05) is 6.92 Å². The topological polar surface area (TPSA) is 58.4 Å². The predicted molar refractivity (Wildman–Crippen MR) is 78.7 cm³/mol. The lowest BCUT2D eigenvalue weighted by Crippen LogP contribution is -2.38. The summed E-state index contributed by atoms with van der Waals surface area (Å²) < 4.78 is 13.7. The number of nitrogens with one attached hydrogen (secondary N) is 1. The van der Waals surface area contributed by atoms with Gasteiger partial charge in [0.25, 0.3) is 0 Å². The summed E-state index contributed by atoms with van der Waals surface area (Å²) in [7, 11) is 1.72. The Balaban J connectivity index is 2.81. The summed E-state index contributed by atoms with van der Waals surface area (Å²) in [6, 6.07) is 4.00. The van der Waals surface area contributed by atoms with E-state index in [-0.39, 0.29) is 16.5 Å². The Morgan fingerprint density at radius 1 is 1.58 bits per heavy atom. The van der Waals surface area contributed by atoms with Gasteiger partial charge in [-0.3, -0.25) is 4.79 Å². The molecular weight excluding hydrogens is 265 g/mol. The molecule has 1 aromatic carbocycles. The SMILES string of the molecule is CCN(C)C(=O)C(C)Nc1ccc(C(N)=S)c(F)c1. The normalized spacial score (nSPS) is 11.8. The van der Waals surface area contributed by atoms with Crippen molar-refractivity contribution in [3.63, 3.8) is 0 Å². The van der Waals surface area contributed by atoms with E-state index in [9.17, 15) is 9.18 Å². The van der Waals surface area contributed by atoms with E-state index in [2.05, 4.69) is 5.32 Å². The molecule has 1 rings (SSSR count). The molecule has 3 N–H and O–H groups in total. The van der Waals surface area contributed by atoms with E-state index in [0.717, 1.165) is 0 Å². The molecule has 0 bridgehead atoms. The van der Waals surface area contributed by atoms with Crippen LogP contribution in [0.1, 0.15) is 19.4 Å². The van der Waals surface area contributed by atoms with E-state index in [0.29, 0.717) is 12.2 Å². The maximum Gasteiger partial charge on any atom is 0.244 e. The first-order chi connectivity index (χ1) is 8.86. The van der Waals surface area contributed by atoms with Crippen LogP contribution in [-0.2, 0) is 4.79 Å². The van der Waals surface area contributed by atoms with Crippen molar-refractivity contribution >= 4 is 28.8 Å². The number of halogens is 1. The fourth-order valence-corrected chi connectivity index (χ4v) is 1.77. The summed E-state index contributed by atoms with van der Waals surface area (Å²) in [5.74, 6) is -0.553. The molecule has 1 amide bonds. The average Bonchev–Trinajstić information content (AvgIpc) is 2.36. The molecule has 1 aromatic rings. The van der Waals surface area contributed by atoms with Gasteiger partial charge in [0.05, 0.1) is 0 Å². The van der Waals surface area contributed by atoms with Gasteiger partial charge in [0.2, 0.25) is 5.91 Å². The third-order valence-corrected chi connectivity index (χ3v) is 3.06. The maximum atomic E-state index is 13.7. The van der Waals surface area contributed by atoms with Gasteiger partial charge in [0.15, 0.2) is 0 Å². The fraction of sp³-hybridized carbons (Fsp3) is 0.385. The highest BCUT2D eigenvalue weighted by Gasteiger charge is 2.16. The summed E-state index contributed by atoms with van der Waals surface area (Å²) in [4.78, 5) is 13.5. The van der Waals surface area contributed by atoms with Crippen molar-refractivity contribution in [1.29, 1.82) is 0 Å². The van der Waals surface area contributed by atoms with Gasteiger partial charge >= 0.3 is 0 Å². The second kappa shape index (κ2) is 6.47. The van der Waals surface area contributed by atoms with Gasteiger partial charge < -0.3 is 16.0 Å². The van der Waals surface area contributed by atoms with Crippen molar-refractivity contribution in [2.75, 3.05) is 18.9 Å². The minimum absolute atomic E-state index is 0.0129. The first-order valence-corrected chi connectivity index (χ1v) is 6.38. The minimum atomic E-state index is -0.499. The van der Waals surface area contributed by atoms with Crippen LogP contribution in [0.2, 0.25) is 0 Å². The Morgan fingerprint density at radius 2 is 2.21 bits per heavy atom. The highest BCUT2D eigenvalue weighted by atomic mass is 32.1. The highest BCUT2D eigenvalue weighted by Crippen LogP contribution is 2.15. The van der Waals surface area contributed by atoms with Crippen LogP contribution < -0.4 is 11.1 Å². The molecule has 0 heterocycles. The van der Waals surface area contributed by atoms with E-state index >= 15 is 0 Å². The van der Waals surface area contributed by atoms with Crippen LogP contribution in [0.5, 0.6) is 0 Å². The Labute approximate surface area is 117 Å². The molecule has 0 fully saturated rings. The molecule has 0 radical (unpaired) electrons. The number of carbonyl (C=O) groups excluding carboxylic acids is 1. The van der Waals surface area contributed by atoms with Gasteiger partial charge in [0.1, 0.15) is 16.8 Å². The summed E-state index contributed by atoms with van der Waals surface area (Å²) in [6.45, 7) is 4.24. The number of carbonyl (C=O) groups is 1. The van der Waals surface area contributed by atoms with Crippen molar-refractivity contribution < 1.29 is 9.18 Å². The maximum absolute atomic E-state index is 13.7. The van der Waals surface area contributed by atoms with Crippen molar-refractivity contribution in [2.45, 2.75) is 19.9 Å². The van der Waals surface area contributed by atoms with Crippen molar-refractivity contribution in [3.8, 4) is 0 Å². The van der Waals surface area contributed by atoms with E-state index in [4.69, 9.17) is 18.0 Å². The minimum Gasteiger partial charge on any atom is -0.389 e. The Hall–Kier alpha value is -1.69. The fourth-order valence-electron chi connectivity index (χ4n) is 1.60. The summed E-state index contributed by atoms with van der Waals surface area (Å²) >= 11 is 4.73. The van der Waals surface area contributed by atoms with Gasteiger partial charge in [-0.25, -0.2) is 4.39 Å². The third kappa shape index (κ3) is 3.89. The molecule has 0 aromatic heterocycles. The lowest BCUT2D eigenvalue weighted by Gasteiger charge is -2.21. The van der Waals surface area contributed by atoms with Crippen LogP contribution in [-0.4, -0.2) is 35.4 Å². The number of amides is 1. The quantitative estimate of drug-likeness (QED) is 0.808. The number of rotatable bonds is 5. The number of hydrogen-bond acceptors (Lipinski definition) is 3. The molecule has 104 valence electrons. The molecule has 0 saturated heterocycles. The van der Waals surface area contributed by atoms with Gasteiger partial charge in [-0.2, -0.15) is 0 Å². The zero-order chi connectivity index (χ0) is 14.6. The van der Waals surface area contributed by atoms with Crippen LogP contribution in [0.3, 0.4) is 0 Å². The highest BCUT2D eigenvalue weighted by molar-refractivity contribution is 7.80. The Bertz CT molecular complexity index is 493. The second-order valence-electron chi connectivity index (χ2n) is 4.28. The summed E-state index contributed by atoms with van der Waals surface area (Å²) in [5, 5.41) is 2.95. The van der Waals surface area contributed by atoms with Crippen molar-refractivity contribution in [3.05, 3.63) is 29.6 Å². The van der Waals surface area contributed by atoms with Crippen LogP contribution >= 0.6 is 12.2 Å². The zero-order valence-corrected chi connectivity index (χ0v) is 12.1. The molecule has 0 aliphatic carbocycles. The van der Waals surface area contributed by atoms with Gasteiger partial charge in [-0.05, 0) is 32.0 Å². The van der Waals surface area contributed by atoms with Gasteiger partial charge in [-0.15, -0.1) is 0 Å². The zero-order valence-electron chi connectivity index (χ0n) is 11.2. The van der Waals surface area contributed by atoms with Gasteiger partial charge in [0, 0.05) is 24.8 Å². The van der Waals surface area contributed by atoms with Crippen LogP contribution in [0.4, 0.5) is 10.1 Å². The lowest BCUT2D eigenvalue weighted by molar-refractivity contribution is -0.130. The number of likely N-dealkylation sites (N-methyl/N-ethyl adjacent to an activating group) is 1. The van der Waals surface area contributed by atoms with Crippen LogP contribution in [0, 0.1) is 5.82 Å². The monoisotopic (exact) mass is 283 g/mol. The lowest BCUT2D eigenvalue weighted by atomic mass is 10.1. The Morgan fingerprint density at radius 3 is 2.68 bits per heavy atom. The average molecular weight is 283 g/mol. The molecule has 1 atom stereocenters. The molecule has 19 heavy (non-hydrogen) atoms. The predicted octanol–water partition coefficient (Wildman–Crippen LogP) is 1.74. The number of nitrogens with two attached hydrogens (primary N) is 1. The second-order valence-corrected chi connectivity index (χ2v) is 4.72. The third-order valence-electron chi connectivity index (χ3n) is 2.84. The first kappa shape index (κ1) is 15.4. The molecule has 0 spiro atoms. The van der Waals surface area contributed by atoms with E-state index in [1.54, 1.807) is 24.9 Å². The molecular formula is C13H18FN3OS. The summed E-state index contributed by atoms with van der Waals surface area (Å²) in [5.41, 5.74) is 6.10. The van der Waals surface area contributed by atoms with Crippen LogP contribution in [0.15, 0.2) is 18.2 Å². The standard InChI is InChI=1S/C13H18FN3OS/c1-4-17(3)13(18)8(2)16-9-5-6-10(12(15)19)11(14)7-9/h5-8,16H,4H2,1-3H3,(H2,15,19). The molecule has 6 heteroatoms. The van der Waals surface area contributed by atoms with E-state index < -0.39 is 11.9 Å². The number of benzene rings is 1. The largest absolute Gasteiger partial charge is 0.389 e. The smallest absolute Gasteiger partial charge is 0.244 e. The van der Waals surface area contributed by atoms with Crippen molar-refractivity contribution in [1.82, 2.24) is 4.90 Å². The number of hydrogen-bond donors (Lipinski definition) is 2. The summed E-state index contributed by atoms with van der Waals surface area (Å²) in [6.07, 6.45) is 0. The molecule has 4 nitrogen and oxygen atoms in total. The van der Waals surface area contributed by atoms with Gasteiger partial charge in [-0.1, -0.05) is 12.2 Å². The van der Waals surface area contributed by atoms with Crippen molar-refractivity contribution in [2.24, 2.45) is 5.73 Å². The first-order valence-electron chi connectivity index (χ1n) is 5.97. The van der Waals surface area contributed by atoms with E-state index in [1.165, 1.54) is 12.1 Å². The molecule has 0 aliphatic heterocycles. The molecule has 1 unspecified atom stereocenters. The number of anilines is 1. The Kier molecular flexibility index (Phi) is 5.23.